The van der Waals surface area contributed by atoms with Gasteiger partial charge in [-0.25, -0.2) is 22.9 Å². The number of aromatic nitrogens is 1. The first-order valence-electron chi connectivity index (χ1n) is 10.3. The first kappa shape index (κ1) is 25.0. The average Bonchev–Trinajstić information content (AvgIpc) is 3.21. The largest absolute Gasteiger partial charge is 0.462 e. The van der Waals surface area contributed by atoms with Crippen LogP contribution in [0.3, 0.4) is 0 Å². The van der Waals surface area contributed by atoms with Gasteiger partial charge in [0.25, 0.3) is 10.0 Å². The van der Waals surface area contributed by atoms with E-state index in [1.165, 1.54) is 18.2 Å². The summed E-state index contributed by atoms with van der Waals surface area (Å²) in [6.45, 7) is 4.72. The van der Waals surface area contributed by atoms with E-state index in [1.54, 1.807) is 13.8 Å². The quantitative estimate of drug-likeness (QED) is 0.562. The molecule has 2 aromatic rings. The van der Waals surface area contributed by atoms with Gasteiger partial charge in [0.2, 0.25) is 5.91 Å². The van der Waals surface area contributed by atoms with Crippen molar-refractivity contribution >= 4 is 50.7 Å². The highest BCUT2D eigenvalue weighted by molar-refractivity contribution is 7.92. The Morgan fingerprint density at radius 2 is 2.06 bits per heavy atom. The molecule has 0 radical (unpaired) electrons. The molecule has 0 bridgehead atoms. The Labute approximate surface area is 201 Å². The summed E-state index contributed by atoms with van der Waals surface area (Å²) in [4.78, 5) is 30.8. The summed E-state index contributed by atoms with van der Waals surface area (Å²) >= 11 is 6.67. The van der Waals surface area contributed by atoms with Gasteiger partial charge in [-0.15, -0.1) is 11.3 Å². The Balaban J connectivity index is 1.62. The van der Waals surface area contributed by atoms with Crippen LogP contribution in [0.15, 0.2) is 22.4 Å². The van der Waals surface area contributed by atoms with Crippen molar-refractivity contribution < 1.29 is 22.7 Å². The van der Waals surface area contributed by atoms with Crippen molar-refractivity contribution in [1.29, 1.82) is 5.26 Å². The highest BCUT2D eigenvalue weighted by Crippen LogP contribution is 2.29. The van der Waals surface area contributed by atoms with E-state index in [9.17, 15) is 23.3 Å². The summed E-state index contributed by atoms with van der Waals surface area (Å²) in [6.07, 6.45) is 1.33. The van der Waals surface area contributed by atoms with Gasteiger partial charge >= 0.3 is 5.97 Å². The molecule has 0 aliphatic carbocycles. The first-order valence-corrected chi connectivity index (χ1v) is 13.0. The molecule has 0 saturated carbocycles. The van der Waals surface area contributed by atoms with Crippen molar-refractivity contribution in [2.45, 2.75) is 37.3 Å². The van der Waals surface area contributed by atoms with Crippen molar-refractivity contribution in [3.05, 3.63) is 39.4 Å². The molecular formula is C21H23ClN4O5S2. The first-order chi connectivity index (χ1) is 15.6. The minimum Gasteiger partial charge on any atom is -0.462 e. The summed E-state index contributed by atoms with van der Waals surface area (Å²) in [7, 11) is -3.93. The summed E-state index contributed by atoms with van der Waals surface area (Å²) in [6, 6.07) is 6.41. The standard InChI is InChI=1S/C21H23ClN4O5S2/c1-3-31-21(28)16-11-15(12-23)20(24-13(16)2)26-8-6-14(7-9-26)10-18(27)25-33(29,30)19-5-4-17(22)32-19/h4-5,11,14H,3,6-10H2,1-2H3,(H,25,27). The third-order valence-corrected chi connectivity index (χ3v) is 8.35. The number of nitrogens with zero attached hydrogens (tertiary/aromatic N) is 3. The third kappa shape index (κ3) is 6.01. The van der Waals surface area contributed by atoms with Gasteiger partial charge < -0.3 is 9.64 Å². The molecule has 1 N–H and O–H groups in total. The van der Waals surface area contributed by atoms with Crippen LogP contribution >= 0.6 is 22.9 Å². The zero-order chi connectivity index (χ0) is 24.2. The summed E-state index contributed by atoms with van der Waals surface area (Å²) in [5.74, 6) is -0.601. The minimum atomic E-state index is -3.93. The maximum absolute atomic E-state index is 12.3. The minimum absolute atomic E-state index is 0.00573. The van der Waals surface area contributed by atoms with Gasteiger partial charge in [0.15, 0.2) is 0 Å². The molecule has 3 heterocycles. The fourth-order valence-corrected chi connectivity index (χ4v) is 6.10. The lowest BCUT2D eigenvalue weighted by Gasteiger charge is -2.33. The number of piperidine rings is 1. The van der Waals surface area contributed by atoms with E-state index in [1.807, 2.05) is 4.90 Å². The summed E-state index contributed by atoms with van der Waals surface area (Å²) < 4.78 is 32.0. The van der Waals surface area contributed by atoms with E-state index in [4.69, 9.17) is 16.3 Å². The maximum Gasteiger partial charge on any atom is 0.340 e. The number of aryl methyl sites for hydroxylation is 1. The number of esters is 1. The fourth-order valence-electron chi connectivity index (χ4n) is 3.63. The maximum atomic E-state index is 12.3. The molecule has 0 atom stereocenters. The van der Waals surface area contributed by atoms with Gasteiger partial charge in [0, 0.05) is 19.5 Å². The van der Waals surface area contributed by atoms with Gasteiger partial charge in [0.05, 0.1) is 27.8 Å². The Hall–Kier alpha value is -2.68. The monoisotopic (exact) mass is 510 g/mol. The number of sulfonamides is 1. The number of nitriles is 1. The van der Waals surface area contributed by atoms with E-state index in [-0.39, 0.29) is 34.3 Å². The van der Waals surface area contributed by atoms with E-state index in [0.29, 0.717) is 41.8 Å². The Bertz CT molecular complexity index is 1200. The molecule has 12 heteroatoms. The van der Waals surface area contributed by atoms with Crippen LogP contribution in [0.2, 0.25) is 4.34 Å². The van der Waals surface area contributed by atoms with Crippen LogP contribution in [0.1, 0.15) is 47.8 Å². The van der Waals surface area contributed by atoms with Crippen LogP contribution in [0.4, 0.5) is 5.82 Å². The topological polar surface area (TPSA) is 129 Å². The van der Waals surface area contributed by atoms with Gasteiger partial charge in [-0.1, -0.05) is 11.6 Å². The molecule has 1 fully saturated rings. The number of anilines is 1. The lowest BCUT2D eigenvalue weighted by atomic mass is 9.93. The number of thiophene rings is 1. The smallest absolute Gasteiger partial charge is 0.340 e. The SMILES string of the molecule is CCOC(=O)c1cc(C#N)c(N2CCC(CC(=O)NS(=O)(=O)c3ccc(Cl)s3)CC2)nc1C. The Morgan fingerprint density at radius 1 is 1.36 bits per heavy atom. The highest BCUT2D eigenvalue weighted by Gasteiger charge is 2.27. The number of nitrogens with one attached hydrogen (secondary N) is 1. The molecule has 0 spiro atoms. The average molecular weight is 511 g/mol. The van der Waals surface area contributed by atoms with Crippen LogP contribution in [-0.4, -0.2) is 45.0 Å². The number of hydrogen-bond donors (Lipinski definition) is 1. The Morgan fingerprint density at radius 3 is 2.64 bits per heavy atom. The van der Waals surface area contributed by atoms with Crippen LogP contribution in [-0.2, 0) is 19.6 Å². The molecule has 1 amide bonds. The molecule has 2 aromatic heterocycles. The zero-order valence-corrected chi connectivity index (χ0v) is 20.5. The van der Waals surface area contributed by atoms with Gasteiger partial charge in [-0.2, -0.15) is 5.26 Å². The number of amides is 1. The van der Waals surface area contributed by atoms with Crippen molar-refractivity contribution in [2.24, 2.45) is 5.92 Å². The van der Waals surface area contributed by atoms with Gasteiger partial charge in [0.1, 0.15) is 16.1 Å². The number of pyridine rings is 1. The number of rotatable bonds is 7. The molecule has 176 valence electrons. The second-order valence-corrected chi connectivity index (χ2v) is 11.2. The number of hydrogen-bond acceptors (Lipinski definition) is 9. The molecular weight excluding hydrogens is 488 g/mol. The number of carbonyl (C=O) groups is 2. The second kappa shape index (κ2) is 10.5. The third-order valence-electron chi connectivity index (χ3n) is 5.26. The zero-order valence-electron chi connectivity index (χ0n) is 18.1. The predicted octanol–water partition coefficient (Wildman–Crippen LogP) is 3.26. The molecule has 1 aliphatic rings. The molecule has 1 aliphatic heterocycles. The molecule has 33 heavy (non-hydrogen) atoms. The van der Waals surface area contributed by atoms with Crippen LogP contribution in [0.25, 0.3) is 0 Å². The van der Waals surface area contributed by atoms with Crippen LogP contribution in [0, 0.1) is 24.2 Å². The normalized spacial score (nSPS) is 14.5. The molecule has 0 unspecified atom stereocenters. The fraction of sp³-hybridized carbons (Fsp3) is 0.429. The number of halogens is 1. The number of carbonyl (C=O) groups excluding carboxylic acids is 2. The Kier molecular flexibility index (Phi) is 7.94. The molecule has 9 nitrogen and oxygen atoms in total. The summed E-state index contributed by atoms with van der Waals surface area (Å²) in [5, 5.41) is 9.56. The molecule has 0 aromatic carbocycles. The van der Waals surface area contributed by atoms with E-state index < -0.39 is 21.9 Å². The van der Waals surface area contributed by atoms with Gasteiger partial charge in [-0.3, -0.25) is 4.79 Å². The van der Waals surface area contributed by atoms with Crippen LogP contribution in [0.5, 0.6) is 0 Å². The lowest BCUT2D eigenvalue weighted by Crippen LogP contribution is -2.38. The van der Waals surface area contributed by atoms with Crippen molar-refractivity contribution in [2.75, 3.05) is 24.6 Å². The van der Waals surface area contributed by atoms with E-state index in [2.05, 4.69) is 15.8 Å². The van der Waals surface area contributed by atoms with E-state index in [0.717, 1.165) is 11.3 Å². The van der Waals surface area contributed by atoms with Crippen molar-refractivity contribution in [3.8, 4) is 6.07 Å². The second-order valence-electron chi connectivity index (χ2n) is 7.55. The lowest BCUT2D eigenvalue weighted by molar-refractivity contribution is -0.120. The van der Waals surface area contributed by atoms with Crippen molar-refractivity contribution in [1.82, 2.24) is 9.71 Å². The van der Waals surface area contributed by atoms with E-state index >= 15 is 0 Å². The predicted molar refractivity (Wildman–Crippen MR) is 124 cm³/mol. The van der Waals surface area contributed by atoms with Crippen molar-refractivity contribution in [3.63, 3.8) is 0 Å². The van der Waals surface area contributed by atoms with Gasteiger partial charge in [-0.05, 0) is 50.8 Å². The number of ether oxygens (including phenoxy) is 1. The molecule has 3 rings (SSSR count). The van der Waals surface area contributed by atoms with Crippen LogP contribution < -0.4 is 9.62 Å². The summed E-state index contributed by atoms with van der Waals surface area (Å²) in [5.41, 5.74) is 1.01. The highest BCUT2D eigenvalue weighted by atomic mass is 35.5. The molecule has 1 saturated heterocycles.